The molecule has 0 aliphatic carbocycles. The number of rotatable bonds is 7. The molecule has 0 saturated carbocycles. The fourth-order valence-electron chi connectivity index (χ4n) is 2.27. The zero-order valence-corrected chi connectivity index (χ0v) is 15.2. The van der Waals surface area contributed by atoms with Crippen LogP contribution in [-0.4, -0.2) is 44.0 Å². The minimum atomic E-state index is -0.285. The normalized spacial score (nSPS) is 11.1. The van der Waals surface area contributed by atoms with Gasteiger partial charge in [-0.05, 0) is 29.7 Å². The van der Waals surface area contributed by atoms with Gasteiger partial charge in [0.1, 0.15) is 5.82 Å². The molecule has 0 aliphatic heterocycles. The lowest BCUT2D eigenvalue weighted by atomic mass is 10.1. The largest absolute Gasteiger partial charge is 0.356 e. The van der Waals surface area contributed by atoms with E-state index in [0.29, 0.717) is 19.0 Å². The van der Waals surface area contributed by atoms with Crippen molar-refractivity contribution in [1.82, 2.24) is 15.5 Å². The number of likely N-dealkylation sites (N-methyl/N-ethyl adjacent to an activating group) is 1. The highest BCUT2D eigenvalue weighted by atomic mass is 19.1. The van der Waals surface area contributed by atoms with E-state index in [1.165, 1.54) is 22.6 Å². The Morgan fingerprint density at radius 3 is 2.46 bits per heavy atom. The number of nitrogens with zero attached hydrogens (tertiary/aromatic N) is 2. The Morgan fingerprint density at radius 1 is 1.04 bits per heavy atom. The number of hydrogen-bond acceptors (Lipinski definition) is 2. The van der Waals surface area contributed by atoms with Crippen molar-refractivity contribution in [3.63, 3.8) is 0 Å². The van der Waals surface area contributed by atoms with Crippen molar-refractivity contribution in [1.29, 1.82) is 0 Å². The van der Waals surface area contributed by atoms with Crippen LogP contribution in [0.15, 0.2) is 59.6 Å². The van der Waals surface area contributed by atoms with Crippen molar-refractivity contribution in [2.75, 3.05) is 27.2 Å². The summed E-state index contributed by atoms with van der Waals surface area (Å²) in [5, 5.41) is 6.25. The number of carbonyl (C=O) groups excluding carboxylic acids is 1. The van der Waals surface area contributed by atoms with Crippen molar-refractivity contribution < 1.29 is 9.18 Å². The van der Waals surface area contributed by atoms with Crippen LogP contribution in [0.4, 0.5) is 4.39 Å². The molecular weight excluding hydrogens is 331 g/mol. The molecule has 138 valence electrons. The topological polar surface area (TPSA) is 56.7 Å². The van der Waals surface area contributed by atoms with Crippen molar-refractivity contribution in [3.8, 4) is 0 Å². The number of halogens is 1. The quantitative estimate of drug-likeness (QED) is 0.591. The van der Waals surface area contributed by atoms with E-state index < -0.39 is 0 Å². The Bertz CT molecular complexity index is 732. The minimum Gasteiger partial charge on any atom is -0.356 e. The van der Waals surface area contributed by atoms with Crippen LogP contribution in [0.3, 0.4) is 0 Å². The lowest BCUT2D eigenvalue weighted by Gasteiger charge is -2.15. The second-order valence-electron chi connectivity index (χ2n) is 6.10. The van der Waals surface area contributed by atoms with Crippen LogP contribution in [-0.2, 0) is 17.8 Å². The smallest absolute Gasteiger partial charge is 0.241 e. The maximum Gasteiger partial charge on any atom is 0.241 e. The van der Waals surface area contributed by atoms with E-state index in [-0.39, 0.29) is 18.3 Å². The third-order valence-corrected chi connectivity index (χ3v) is 3.76. The summed E-state index contributed by atoms with van der Waals surface area (Å²) in [6, 6.07) is 16.4. The van der Waals surface area contributed by atoms with Crippen LogP contribution < -0.4 is 10.6 Å². The summed E-state index contributed by atoms with van der Waals surface area (Å²) in [5.74, 6) is 0.195. The van der Waals surface area contributed by atoms with Gasteiger partial charge in [0.15, 0.2) is 5.96 Å². The van der Waals surface area contributed by atoms with Gasteiger partial charge >= 0.3 is 0 Å². The first-order valence-electron chi connectivity index (χ1n) is 8.55. The third kappa shape index (κ3) is 6.93. The number of hydrogen-bond donors (Lipinski definition) is 2. The van der Waals surface area contributed by atoms with Crippen LogP contribution in [0.1, 0.15) is 11.1 Å². The highest BCUT2D eigenvalue weighted by Crippen LogP contribution is 2.04. The molecule has 0 aliphatic rings. The zero-order chi connectivity index (χ0) is 18.8. The van der Waals surface area contributed by atoms with Crippen molar-refractivity contribution >= 4 is 11.9 Å². The van der Waals surface area contributed by atoms with Gasteiger partial charge in [0.05, 0.1) is 13.1 Å². The van der Waals surface area contributed by atoms with Gasteiger partial charge in [-0.3, -0.25) is 4.79 Å². The van der Waals surface area contributed by atoms with E-state index in [1.807, 2.05) is 24.3 Å². The average Bonchev–Trinajstić information content (AvgIpc) is 2.64. The predicted octanol–water partition coefficient (Wildman–Crippen LogP) is 2.19. The Hall–Kier alpha value is -2.89. The molecule has 0 aromatic heterocycles. The first kappa shape index (κ1) is 19.4. The highest BCUT2D eigenvalue weighted by Gasteiger charge is 2.06. The molecule has 0 bridgehead atoms. The fourth-order valence-corrected chi connectivity index (χ4v) is 2.27. The molecule has 0 atom stereocenters. The summed E-state index contributed by atoms with van der Waals surface area (Å²) < 4.78 is 13.3. The minimum absolute atomic E-state index is 0.0479. The van der Waals surface area contributed by atoms with Crippen LogP contribution in [0.5, 0.6) is 0 Å². The summed E-state index contributed by atoms with van der Waals surface area (Å²) in [6.07, 6.45) is 0.836. The molecule has 0 unspecified atom stereocenters. The lowest BCUT2D eigenvalue weighted by Crippen LogP contribution is -2.43. The molecule has 0 saturated heterocycles. The average molecular weight is 356 g/mol. The molecule has 1 amide bonds. The van der Waals surface area contributed by atoms with Crippen molar-refractivity contribution in [2.24, 2.45) is 4.99 Å². The van der Waals surface area contributed by atoms with Gasteiger partial charge in [-0.25, -0.2) is 9.38 Å². The van der Waals surface area contributed by atoms with E-state index in [9.17, 15) is 9.18 Å². The molecule has 2 aromatic carbocycles. The van der Waals surface area contributed by atoms with E-state index in [0.717, 1.165) is 12.0 Å². The molecule has 6 heteroatoms. The molecule has 5 nitrogen and oxygen atoms in total. The molecule has 0 radical (unpaired) electrons. The standard InChI is InChI=1S/C20H25FN4O/c1-25(2)19(26)15-24-20(22-12-11-16-7-4-3-5-8-16)23-14-17-9-6-10-18(21)13-17/h3-10,13H,11-12,14-15H2,1-2H3,(H2,22,23,24). The van der Waals surface area contributed by atoms with Gasteiger partial charge < -0.3 is 15.5 Å². The molecule has 0 heterocycles. The number of amides is 1. The number of guanidine groups is 1. The molecule has 0 fully saturated rings. The predicted molar refractivity (Wildman–Crippen MR) is 102 cm³/mol. The Kier molecular flexibility index (Phi) is 7.61. The van der Waals surface area contributed by atoms with Gasteiger partial charge in [-0.1, -0.05) is 42.5 Å². The van der Waals surface area contributed by atoms with Gasteiger partial charge in [0.2, 0.25) is 5.91 Å². The van der Waals surface area contributed by atoms with Crippen molar-refractivity contribution in [3.05, 3.63) is 71.5 Å². The van der Waals surface area contributed by atoms with E-state index >= 15 is 0 Å². The number of benzene rings is 2. The Labute approximate surface area is 153 Å². The first-order chi connectivity index (χ1) is 12.5. The van der Waals surface area contributed by atoms with Gasteiger partial charge in [0.25, 0.3) is 0 Å². The van der Waals surface area contributed by atoms with Crippen LogP contribution in [0.2, 0.25) is 0 Å². The molecule has 26 heavy (non-hydrogen) atoms. The van der Waals surface area contributed by atoms with Crippen LogP contribution in [0, 0.1) is 5.82 Å². The maximum atomic E-state index is 13.3. The molecule has 2 N–H and O–H groups in total. The maximum absolute atomic E-state index is 13.3. The summed E-state index contributed by atoms with van der Waals surface area (Å²) in [5.41, 5.74) is 1.99. The van der Waals surface area contributed by atoms with Gasteiger partial charge in [-0.2, -0.15) is 0 Å². The van der Waals surface area contributed by atoms with Gasteiger partial charge in [0, 0.05) is 20.6 Å². The second-order valence-corrected chi connectivity index (χ2v) is 6.10. The molecular formula is C20H25FN4O. The van der Waals surface area contributed by atoms with E-state index in [1.54, 1.807) is 20.2 Å². The monoisotopic (exact) mass is 356 g/mol. The van der Waals surface area contributed by atoms with Gasteiger partial charge in [-0.15, -0.1) is 0 Å². The lowest BCUT2D eigenvalue weighted by molar-refractivity contribution is -0.127. The molecule has 2 aromatic rings. The summed E-state index contributed by atoms with van der Waals surface area (Å²) in [7, 11) is 3.41. The first-order valence-corrected chi connectivity index (χ1v) is 8.55. The Balaban J connectivity index is 1.95. The third-order valence-electron chi connectivity index (χ3n) is 3.76. The highest BCUT2D eigenvalue weighted by molar-refractivity contribution is 5.86. The second kappa shape index (κ2) is 10.2. The SMILES string of the molecule is CN(C)C(=O)CNC(=NCc1cccc(F)c1)NCCc1ccccc1. The van der Waals surface area contributed by atoms with Crippen LogP contribution in [0.25, 0.3) is 0 Å². The number of nitrogens with one attached hydrogen (secondary N) is 2. The van der Waals surface area contributed by atoms with E-state index in [2.05, 4.69) is 27.8 Å². The molecule has 0 spiro atoms. The zero-order valence-electron chi connectivity index (χ0n) is 15.2. The van der Waals surface area contributed by atoms with Crippen molar-refractivity contribution in [2.45, 2.75) is 13.0 Å². The molecule has 2 rings (SSSR count). The summed E-state index contributed by atoms with van der Waals surface area (Å²) in [4.78, 5) is 17.8. The fraction of sp³-hybridized carbons (Fsp3) is 0.300. The van der Waals surface area contributed by atoms with Crippen LogP contribution >= 0.6 is 0 Å². The number of carbonyl (C=O) groups is 1. The Morgan fingerprint density at radius 2 is 1.77 bits per heavy atom. The number of aliphatic imine (C=N–C) groups is 1. The summed E-state index contributed by atoms with van der Waals surface area (Å²) in [6.45, 7) is 1.15. The summed E-state index contributed by atoms with van der Waals surface area (Å²) >= 11 is 0. The van der Waals surface area contributed by atoms with E-state index in [4.69, 9.17) is 0 Å².